The summed E-state index contributed by atoms with van der Waals surface area (Å²) in [5.41, 5.74) is 0.946. The van der Waals surface area contributed by atoms with E-state index in [1.54, 1.807) is 12.1 Å². The number of alkyl halides is 3. The van der Waals surface area contributed by atoms with Gasteiger partial charge in [-0.1, -0.05) is 23.7 Å². The van der Waals surface area contributed by atoms with Crippen LogP contribution in [0.15, 0.2) is 48.5 Å². The zero-order valence-corrected chi connectivity index (χ0v) is 10.6. The number of anilines is 1. The van der Waals surface area contributed by atoms with Gasteiger partial charge in [-0.3, -0.25) is 0 Å². The highest BCUT2D eigenvalue weighted by atomic mass is 35.5. The average Bonchev–Trinajstić information content (AvgIpc) is 2.36. The Balaban J connectivity index is 2.01. The molecule has 0 unspecified atom stereocenters. The first-order valence-electron chi connectivity index (χ1n) is 5.61. The Morgan fingerprint density at radius 1 is 1.00 bits per heavy atom. The molecule has 2 aromatic rings. The minimum absolute atomic E-state index is 0.506. The van der Waals surface area contributed by atoms with E-state index in [1.807, 2.05) is 12.1 Å². The van der Waals surface area contributed by atoms with Gasteiger partial charge in [-0.15, -0.1) is 0 Å². The molecule has 0 aliphatic carbocycles. The molecule has 0 heterocycles. The van der Waals surface area contributed by atoms with Crippen LogP contribution in [0.25, 0.3) is 0 Å². The first-order chi connectivity index (χ1) is 8.95. The van der Waals surface area contributed by atoms with Crippen molar-refractivity contribution in [3.05, 3.63) is 64.7 Å². The van der Waals surface area contributed by atoms with Crippen LogP contribution < -0.4 is 5.32 Å². The van der Waals surface area contributed by atoms with Gasteiger partial charge in [0.1, 0.15) is 0 Å². The van der Waals surface area contributed by atoms with E-state index in [0.29, 0.717) is 17.3 Å². The van der Waals surface area contributed by atoms with Gasteiger partial charge in [-0.05, 0) is 42.0 Å². The van der Waals surface area contributed by atoms with E-state index in [4.69, 9.17) is 11.6 Å². The van der Waals surface area contributed by atoms with Crippen molar-refractivity contribution in [1.82, 2.24) is 0 Å². The Morgan fingerprint density at radius 2 is 1.68 bits per heavy atom. The molecule has 0 radical (unpaired) electrons. The molecule has 0 amide bonds. The molecule has 2 rings (SSSR count). The van der Waals surface area contributed by atoms with Crippen molar-refractivity contribution in [1.29, 1.82) is 0 Å². The quantitative estimate of drug-likeness (QED) is 0.839. The second kappa shape index (κ2) is 5.53. The Bertz CT molecular complexity index is 549. The lowest BCUT2D eigenvalue weighted by Gasteiger charge is -2.09. The Kier molecular flexibility index (Phi) is 4.00. The summed E-state index contributed by atoms with van der Waals surface area (Å²) >= 11 is 5.84. The summed E-state index contributed by atoms with van der Waals surface area (Å²) in [6, 6.07) is 12.2. The van der Waals surface area contributed by atoms with E-state index < -0.39 is 11.7 Å². The van der Waals surface area contributed by atoms with E-state index in [0.717, 1.165) is 17.7 Å². The van der Waals surface area contributed by atoms with Gasteiger partial charge in [0, 0.05) is 17.3 Å². The zero-order chi connectivity index (χ0) is 13.9. The molecule has 5 heteroatoms. The fraction of sp³-hybridized carbons (Fsp3) is 0.143. The van der Waals surface area contributed by atoms with Gasteiger partial charge in [0.05, 0.1) is 5.56 Å². The minimum Gasteiger partial charge on any atom is -0.381 e. The SMILES string of the molecule is FC(F)(F)c1ccc(NCc2cccc(Cl)c2)cc1. The zero-order valence-electron chi connectivity index (χ0n) is 9.84. The molecular weight excluding hydrogens is 275 g/mol. The molecule has 1 nitrogen and oxygen atoms in total. The summed E-state index contributed by atoms with van der Waals surface area (Å²) in [4.78, 5) is 0. The number of hydrogen-bond acceptors (Lipinski definition) is 1. The smallest absolute Gasteiger partial charge is 0.381 e. The van der Waals surface area contributed by atoms with Crippen LogP contribution in [0.5, 0.6) is 0 Å². The summed E-state index contributed by atoms with van der Waals surface area (Å²) in [5, 5.41) is 3.67. The van der Waals surface area contributed by atoms with Crippen molar-refractivity contribution in [3.63, 3.8) is 0 Å². The van der Waals surface area contributed by atoms with Crippen molar-refractivity contribution in [2.24, 2.45) is 0 Å². The molecule has 2 aromatic carbocycles. The number of halogens is 4. The van der Waals surface area contributed by atoms with Gasteiger partial charge >= 0.3 is 6.18 Å². The molecule has 0 aromatic heterocycles. The number of rotatable bonds is 3. The van der Waals surface area contributed by atoms with E-state index in [1.165, 1.54) is 12.1 Å². The largest absolute Gasteiger partial charge is 0.416 e. The van der Waals surface area contributed by atoms with Gasteiger partial charge in [0.2, 0.25) is 0 Å². The first kappa shape index (κ1) is 13.7. The lowest BCUT2D eigenvalue weighted by atomic mass is 10.2. The van der Waals surface area contributed by atoms with Gasteiger partial charge < -0.3 is 5.32 Å². The van der Waals surface area contributed by atoms with Crippen molar-refractivity contribution in [2.75, 3.05) is 5.32 Å². The van der Waals surface area contributed by atoms with E-state index in [-0.39, 0.29) is 0 Å². The van der Waals surface area contributed by atoms with Crippen LogP contribution in [0, 0.1) is 0 Å². The van der Waals surface area contributed by atoms with E-state index in [2.05, 4.69) is 5.32 Å². The molecule has 0 aliphatic heterocycles. The maximum Gasteiger partial charge on any atom is 0.416 e. The van der Waals surface area contributed by atoms with Gasteiger partial charge in [0.15, 0.2) is 0 Å². The van der Waals surface area contributed by atoms with Crippen molar-refractivity contribution < 1.29 is 13.2 Å². The minimum atomic E-state index is -4.30. The van der Waals surface area contributed by atoms with Crippen LogP contribution in [0.4, 0.5) is 18.9 Å². The predicted molar refractivity (Wildman–Crippen MR) is 70.2 cm³/mol. The first-order valence-corrected chi connectivity index (χ1v) is 5.98. The van der Waals surface area contributed by atoms with Crippen LogP contribution in [-0.2, 0) is 12.7 Å². The molecule has 1 N–H and O–H groups in total. The predicted octanol–water partition coefficient (Wildman–Crippen LogP) is 4.97. The van der Waals surface area contributed by atoms with Crippen molar-refractivity contribution >= 4 is 17.3 Å². The highest BCUT2D eigenvalue weighted by Crippen LogP contribution is 2.29. The third kappa shape index (κ3) is 3.89. The van der Waals surface area contributed by atoms with Crippen LogP contribution in [0.2, 0.25) is 5.02 Å². The maximum atomic E-state index is 12.4. The van der Waals surface area contributed by atoms with E-state index in [9.17, 15) is 13.2 Å². The molecule has 19 heavy (non-hydrogen) atoms. The molecule has 0 spiro atoms. The van der Waals surface area contributed by atoms with Gasteiger partial charge in [-0.2, -0.15) is 13.2 Å². The third-order valence-electron chi connectivity index (χ3n) is 2.60. The summed E-state index contributed by atoms with van der Waals surface area (Å²) in [7, 11) is 0. The molecule has 0 saturated carbocycles. The monoisotopic (exact) mass is 285 g/mol. The second-order valence-electron chi connectivity index (χ2n) is 4.06. The van der Waals surface area contributed by atoms with Gasteiger partial charge in [0.25, 0.3) is 0 Å². The molecule has 0 bridgehead atoms. The topological polar surface area (TPSA) is 12.0 Å². The second-order valence-corrected chi connectivity index (χ2v) is 4.50. The third-order valence-corrected chi connectivity index (χ3v) is 2.83. The molecule has 0 atom stereocenters. The lowest BCUT2D eigenvalue weighted by Crippen LogP contribution is -2.05. The molecule has 0 saturated heterocycles. The van der Waals surface area contributed by atoms with E-state index >= 15 is 0 Å². The highest BCUT2D eigenvalue weighted by molar-refractivity contribution is 6.30. The fourth-order valence-electron chi connectivity index (χ4n) is 1.63. The Morgan fingerprint density at radius 3 is 2.26 bits per heavy atom. The number of nitrogens with one attached hydrogen (secondary N) is 1. The summed E-state index contributed by atoms with van der Waals surface area (Å²) in [6.07, 6.45) is -4.30. The summed E-state index contributed by atoms with van der Waals surface area (Å²) < 4.78 is 37.1. The summed E-state index contributed by atoms with van der Waals surface area (Å²) in [6.45, 7) is 0.506. The average molecular weight is 286 g/mol. The molecular formula is C14H11ClF3N. The van der Waals surface area contributed by atoms with Crippen molar-refractivity contribution in [3.8, 4) is 0 Å². The molecule has 0 fully saturated rings. The summed E-state index contributed by atoms with van der Waals surface area (Å²) in [5.74, 6) is 0. The number of hydrogen-bond donors (Lipinski definition) is 1. The molecule has 100 valence electrons. The molecule has 0 aliphatic rings. The van der Waals surface area contributed by atoms with Gasteiger partial charge in [-0.25, -0.2) is 0 Å². The Hall–Kier alpha value is -1.68. The standard InChI is InChI=1S/C14H11ClF3N/c15-12-3-1-2-10(8-12)9-19-13-6-4-11(5-7-13)14(16,17)18/h1-8,19H,9H2. The van der Waals surface area contributed by atoms with Crippen molar-refractivity contribution in [2.45, 2.75) is 12.7 Å². The van der Waals surface area contributed by atoms with Crippen LogP contribution in [-0.4, -0.2) is 0 Å². The highest BCUT2D eigenvalue weighted by Gasteiger charge is 2.29. The lowest BCUT2D eigenvalue weighted by molar-refractivity contribution is -0.137. The number of benzene rings is 2. The fourth-order valence-corrected chi connectivity index (χ4v) is 1.84. The van der Waals surface area contributed by atoms with Crippen LogP contribution >= 0.6 is 11.6 Å². The maximum absolute atomic E-state index is 12.4. The normalized spacial score (nSPS) is 11.4. The van der Waals surface area contributed by atoms with Crippen LogP contribution in [0.1, 0.15) is 11.1 Å². The van der Waals surface area contributed by atoms with Crippen LogP contribution in [0.3, 0.4) is 0 Å². The Labute approximate surface area is 114 Å².